The van der Waals surface area contributed by atoms with Crippen molar-refractivity contribution in [3.63, 3.8) is 0 Å². The van der Waals surface area contributed by atoms with Crippen molar-refractivity contribution >= 4 is 41.6 Å². The Bertz CT molecular complexity index is 84.7. The number of methoxy groups -OCH3 is 2. The third-order valence-corrected chi connectivity index (χ3v) is 2.12. The first kappa shape index (κ1) is 21.0. The van der Waals surface area contributed by atoms with Crippen molar-refractivity contribution in [2.24, 2.45) is 0 Å². The Morgan fingerprint density at radius 1 is 0.933 bits per heavy atom. The zero-order valence-electron chi connectivity index (χ0n) is 10.1. The molecule has 0 atom stereocenters. The zero-order valence-corrected chi connectivity index (χ0v) is 12.6. The first-order valence-corrected chi connectivity index (χ1v) is 8.31. The average molecular weight is 274 g/mol. The van der Waals surface area contributed by atoms with Crippen LogP contribution in [0.1, 0.15) is 0 Å². The fourth-order valence-electron chi connectivity index (χ4n) is 0.304. The van der Waals surface area contributed by atoms with E-state index >= 15 is 0 Å². The van der Waals surface area contributed by atoms with Crippen molar-refractivity contribution in [1.29, 1.82) is 0 Å². The first-order valence-electron chi connectivity index (χ1n) is 4.13. The fraction of sp³-hybridized carbons (Fsp3) is 0.889. The van der Waals surface area contributed by atoms with E-state index in [0.717, 1.165) is 18.2 Å². The molecule has 0 N–H and O–H groups in total. The summed E-state index contributed by atoms with van der Waals surface area (Å²) >= 11 is 4.89. The molecule has 0 rings (SSSR count). The summed E-state index contributed by atoms with van der Waals surface area (Å²) in [4.78, 5) is 9.38. The minimum atomic E-state index is 0.625. The molecular weight excluding hydrogens is 252 g/mol. The third-order valence-electron chi connectivity index (χ3n) is 0.706. The summed E-state index contributed by atoms with van der Waals surface area (Å²) in [5.74, 6) is 2.24. The second-order valence-electron chi connectivity index (χ2n) is 2.01. The van der Waals surface area contributed by atoms with E-state index in [0.29, 0.717) is 5.75 Å². The minimum Gasteiger partial charge on any atom is -0.374 e. The number of carbonyl (C=O) groups excluding carboxylic acids is 1. The van der Waals surface area contributed by atoms with Gasteiger partial charge in [0.05, 0.1) is 11.9 Å². The largest absolute Gasteiger partial charge is 0.374 e. The maximum Gasteiger partial charge on any atom is 0.129 e. The molecule has 0 aromatic heterocycles. The average Bonchev–Trinajstić information content (AvgIpc) is 2.23. The van der Waals surface area contributed by atoms with Crippen molar-refractivity contribution in [2.45, 2.75) is 0 Å². The van der Waals surface area contributed by atoms with Crippen molar-refractivity contribution in [3.05, 3.63) is 0 Å². The first-order chi connectivity index (χ1) is 7.24. The van der Waals surface area contributed by atoms with Gasteiger partial charge in [-0.2, -0.15) is 11.8 Å². The molecule has 0 bridgehead atoms. The molecule has 0 saturated carbocycles. The molecule has 6 heteroatoms. The molecule has 0 spiro atoms. The molecule has 15 heavy (non-hydrogen) atoms. The van der Waals surface area contributed by atoms with E-state index in [1.54, 1.807) is 37.7 Å². The standard InChI is InChI=1S/2C3H8OS.C3H6OS/c2*1-4-3-5-2;1-5-3-2-4/h2*3H2,1-2H3;2H,3H2,1H3. The zero-order chi connectivity index (χ0) is 12.4. The van der Waals surface area contributed by atoms with Crippen molar-refractivity contribution in [1.82, 2.24) is 0 Å². The molecule has 0 fully saturated rings. The third kappa shape index (κ3) is 53.1. The number of hydrogen-bond donors (Lipinski definition) is 0. The molecule has 0 unspecified atom stereocenters. The molecule has 0 aromatic rings. The van der Waals surface area contributed by atoms with Crippen LogP contribution in [-0.4, -0.2) is 56.9 Å². The van der Waals surface area contributed by atoms with Crippen LogP contribution in [0.4, 0.5) is 0 Å². The number of thioether (sulfide) groups is 3. The highest BCUT2D eigenvalue weighted by molar-refractivity contribution is 7.99. The van der Waals surface area contributed by atoms with E-state index in [4.69, 9.17) is 0 Å². The van der Waals surface area contributed by atoms with Crippen LogP contribution in [0, 0.1) is 0 Å². The van der Waals surface area contributed by atoms with Gasteiger partial charge in [0, 0.05) is 20.0 Å². The monoisotopic (exact) mass is 274 g/mol. The number of carbonyl (C=O) groups is 1. The molecule has 0 amide bonds. The molecule has 0 heterocycles. The van der Waals surface area contributed by atoms with Crippen LogP contribution in [0.15, 0.2) is 0 Å². The van der Waals surface area contributed by atoms with E-state index in [2.05, 4.69) is 9.47 Å². The summed E-state index contributed by atoms with van der Waals surface area (Å²) in [6.45, 7) is 0. The van der Waals surface area contributed by atoms with Crippen LogP contribution in [0.25, 0.3) is 0 Å². The Kier molecular flexibility index (Phi) is 41.0. The Morgan fingerprint density at radius 3 is 1.33 bits per heavy atom. The highest BCUT2D eigenvalue weighted by atomic mass is 32.2. The van der Waals surface area contributed by atoms with Gasteiger partial charge in [-0.15, -0.1) is 23.5 Å². The molecule has 0 saturated heterocycles. The Labute approximate surface area is 106 Å². The fourth-order valence-corrected chi connectivity index (χ4v) is 0.911. The van der Waals surface area contributed by atoms with Crippen LogP contribution in [0.3, 0.4) is 0 Å². The summed E-state index contributed by atoms with van der Waals surface area (Å²) < 4.78 is 9.31. The Morgan fingerprint density at radius 2 is 1.33 bits per heavy atom. The normalized spacial score (nSPS) is 8.07. The predicted octanol–water partition coefficient (Wildman–Crippen LogP) is 2.45. The van der Waals surface area contributed by atoms with Gasteiger partial charge in [0.2, 0.25) is 0 Å². The molecule has 0 aliphatic carbocycles. The van der Waals surface area contributed by atoms with E-state index in [9.17, 15) is 4.79 Å². The molecule has 0 aliphatic rings. The molecule has 0 aromatic carbocycles. The smallest absolute Gasteiger partial charge is 0.129 e. The summed E-state index contributed by atoms with van der Waals surface area (Å²) in [6.07, 6.45) is 6.80. The van der Waals surface area contributed by atoms with Gasteiger partial charge < -0.3 is 14.3 Å². The number of rotatable bonds is 6. The Balaban J connectivity index is -0.000000144. The van der Waals surface area contributed by atoms with Gasteiger partial charge >= 0.3 is 0 Å². The second kappa shape index (κ2) is 29.3. The van der Waals surface area contributed by atoms with Crippen LogP contribution in [-0.2, 0) is 14.3 Å². The van der Waals surface area contributed by atoms with Gasteiger partial charge in [-0.3, -0.25) is 0 Å². The van der Waals surface area contributed by atoms with Crippen LogP contribution >= 0.6 is 35.3 Å². The van der Waals surface area contributed by atoms with Crippen LogP contribution in [0.5, 0.6) is 0 Å². The van der Waals surface area contributed by atoms with E-state index in [1.165, 1.54) is 11.8 Å². The lowest BCUT2D eigenvalue weighted by molar-refractivity contribution is -0.105. The lowest BCUT2D eigenvalue weighted by Crippen LogP contribution is -1.75. The van der Waals surface area contributed by atoms with Gasteiger partial charge in [0.1, 0.15) is 6.29 Å². The lowest BCUT2D eigenvalue weighted by Gasteiger charge is -1.84. The molecule has 0 aliphatic heterocycles. The summed E-state index contributed by atoms with van der Waals surface area (Å²) in [5.41, 5.74) is 0. The van der Waals surface area contributed by atoms with Gasteiger partial charge in [0.25, 0.3) is 0 Å². The van der Waals surface area contributed by atoms with E-state index in [1.807, 2.05) is 18.8 Å². The van der Waals surface area contributed by atoms with Crippen molar-refractivity contribution in [2.75, 3.05) is 50.6 Å². The molecule has 0 radical (unpaired) electrons. The highest BCUT2D eigenvalue weighted by Gasteiger charge is 1.66. The topological polar surface area (TPSA) is 35.5 Å². The lowest BCUT2D eigenvalue weighted by atomic mass is 10.9. The Hall–Kier alpha value is 0.640. The molecular formula is C9H22O3S3. The number of ether oxygens (including phenoxy) is 2. The van der Waals surface area contributed by atoms with Gasteiger partial charge in [-0.05, 0) is 18.8 Å². The summed E-state index contributed by atoms with van der Waals surface area (Å²) in [6, 6.07) is 0. The summed E-state index contributed by atoms with van der Waals surface area (Å²) in [5, 5.41) is 0. The maximum atomic E-state index is 9.38. The maximum absolute atomic E-state index is 9.38. The second-order valence-corrected chi connectivity index (χ2v) is 4.55. The van der Waals surface area contributed by atoms with Gasteiger partial charge in [0.15, 0.2) is 0 Å². The SMILES string of the molecule is COCSC.COCSC.CSCC=O. The van der Waals surface area contributed by atoms with Gasteiger partial charge in [-0.1, -0.05) is 0 Å². The van der Waals surface area contributed by atoms with Crippen molar-refractivity contribution < 1.29 is 14.3 Å². The van der Waals surface area contributed by atoms with E-state index < -0.39 is 0 Å². The van der Waals surface area contributed by atoms with Crippen LogP contribution < -0.4 is 0 Å². The van der Waals surface area contributed by atoms with Gasteiger partial charge in [-0.25, -0.2) is 0 Å². The minimum absolute atomic E-state index is 0.625. The quantitative estimate of drug-likeness (QED) is 0.547. The molecule has 94 valence electrons. The van der Waals surface area contributed by atoms with Crippen LogP contribution in [0.2, 0.25) is 0 Å². The van der Waals surface area contributed by atoms with E-state index in [-0.39, 0.29) is 0 Å². The number of hydrogen-bond acceptors (Lipinski definition) is 6. The summed E-state index contributed by atoms with van der Waals surface area (Å²) in [7, 11) is 3.38. The molecule has 3 nitrogen and oxygen atoms in total. The van der Waals surface area contributed by atoms with Crippen molar-refractivity contribution in [3.8, 4) is 0 Å². The number of aldehydes is 1. The predicted molar refractivity (Wildman–Crippen MR) is 75.2 cm³/mol. The highest BCUT2D eigenvalue weighted by Crippen LogP contribution is 1.87.